The van der Waals surface area contributed by atoms with Gasteiger partial charge in [0.15, 0.2) is 11.6 Å². The van der Waals surface area contributed by atoms with Crippen molar-refractivity contribution in [2.24, 2.45) is 0 Å². The molecule has 6 heteroatoms. The summed E-state index contributed by atoms with van der Waals surface area (Å²) < 4.78 is 9.71. The van der Waals surface area contributed by atoms with Gasteiger partial charge in [-0.25, -0.2) is 0 Å². The molecule has 0 heterocycles. The number of carbonyl (C=O) groups excluding carboxylic acids is 2. The van der Waals surface area contributed by atoms with Crippen molar-refractivity contribution in [1.82, 2.24) is 0 Å². The maximum Gasteiger partial charge on any atom is 0.196 e. The van der Waals surface area contributed by atoms with Crippen LogP contribution in [0.4, 0.5) is 17.1 Å². The van der Waals surface area contributed by atoms with Gasteiger partial charge in [0.2, 0.25) is 0 Å². The Morgan fingerprint density at radius 1 is 0.767 bits per heavy atom. The molecule has 0 fully saturated rings. The maximum absolute atomic E-state index is 13.3. The highest BCUT2D eigenvalue weighted by Crippen LogP contribution is 2.41. The monoisotopic (exact) mass is 412 g/mol. The Balaban J connectivity index is 1.71. The minimum atomic E-state index is -0.324. The number of benzene rings is 4. The van der Waals surface area contributed by atoms with Gasteiger partial charge in [-0.05, 0) is 29.0 Å². The van der Waals surface area contributed by atoms with Gasteiger partial charge in [-0.2, -0.15) is 0 Å². The number of nitrogens with two attached hydrogens (primary N) is 1. The Kier molecular flexibility index (Phi) is 4.31. The van der Waals surface area contributed by atoms with Gasteiger partial charge in [0.1, 0.15) is 0 Å². The zero-order valence-electron chi connectivity index (χ0n) is 15.7. The highest BCUT2D eigenvalue weighted by atomic mass is 32.2. The third-order valence-electron chi connectivity index (χ3n) is 5.33. The van der Waals surface area contributed by atoms with E-state index in [0.29, 0.717) is 33.8 Å². The van der Waals surface area contributed by atoms with Gasteiger partial charge in [0.25, 0.3) is 0 Å². The van der Waals surface area contributed by atoms with Gasteiger partial charge in [-0.1, -0.05) is 54.6 Å². The average molecular weight is 412 g/mol. The Morgan fingerprint density at radius 3 is 2.10 bits per heavy atom. The third-order valence-corrected chi connectivity index (χ3v) is 5.86. The van der Waals surface area contributed by atoms with Crippen LogP contribution in [0.1, 0.15) is 31.8 Å². The molecule has 146 valence electrons. The first kappa shape index (κ1) is 18.4. The number of nitrogen functional groups attached to an aromatic ring is 1. The molecule has 0 amide bonds. The molecular formula is C24H16N2O3S. The molecule has 0 atom stereocenters. The van der Waals surface area contributed by atoms with E-state index in [1.165, 1.54) is 0 Å². The molecule has 0 aliphatic heterocycles. The van der Waals surface area contributed by atoms with Gasteiger partial charge in [0.05, 0.1) is 27.4 Å². The summed E-state index contributed by atoms with van der Waals surface area (Å²) in [6.45, 7) is 0. The predicted octanol–water partition coefficient (Wildman–Crippen LogP) is 5.51. The first-order valence-corrected chi connectivity index (χ1v) is 10.1. The molecule has 0 saturated heterocycles. The molecule has 30 heavy (non-hydrogen) atoms. The Hall–Kier alpha value is -3.61. The summed E-state index contributed by atoms with van der Waals surface area (Å²) >= 11 is 0.452. The summed E-state index contributed by atoms with van der Waals surface area (Å²) in [6, 6.07) is 22.1. The van der Waals surface area contributed by atoms with Crippen molar-refractivity contribution in [2.45, 2.75) is 4.90 Å². The van der Waals surface area contributed by atoms with Crippen LogP contribution in [-0.2, 0) is 0 Å². The highest BCUT2D eigenvalue weighted by molar-refractivity contribution is 7.94. The maximum atomic E-state index is 13.3. The molecular weight excluding hydrogens is 396 g/mol. The largest absolute Gasteiger partial charge is 0.397 e. The average Bonchev–Trinajstić information content (AvgIpc) is 2.78. The van der Waals surface area contributed by atoms with Crippen LogP contribution in [0.2, 0.25) is 0 Å². The molecule has 5 nitrogen and oxygen atoms in total. The summed E-state index contributed by atoms with van der Waals surface area (Å²) in [5.74, 6) is -0.597. The highest BCUT2D eigenvalue weighted by Gasteiger charge is 2.34. The van der Waals surface area contributed by atoms with E-state index in [1.807, 2.05) is 42.5 Å². The van der Waals surface area contributed by atoms with E-state index in [4.69, 9.17) is 5.73 Å². The molecule has 4 N–H and O–H groups in total. The van der Waals surface area contributed by atoms with Crippen LogP contribution < -0.4 is 11.1 Å². The molecule has 1 aliphatic rings. The Bertz CT molecular complexity index is 1360. The van der Waals surface area contributed by atoms with Gasteiger partial charge in [-0.3, -0.25) is 9.59 Å². The Labute approximate surface area is 176 Å². The molecule has 0 aromatic heterocycles. The summed E-state index contributed by atoms with van der Waals surface area (Å²) in [5, 5.41) is 5.38. The number of hydrogen-bond acceptors (Lipinski definition) is 6. The SMILES string of the molecule is Nc1c(SO)cc(Nc2ccc3ccccc3c2)c2c1C(=O)c1ccccc1C2=O. The summed E-state index contributed by atoms with van der Waals surface area (Å²) in [4.78, 5) is 26.8. The molecule has 0 saturated carbocycles. The molecule has 0 bridgehead atoms. The lowest BCUT2D eigenvalue weighted by molar-refractivity contribution is 0.0980. The summed E-state index contributed by atoms with van der Waals surface area (Å²) in [6.07, 6.45) is 0. The molecule has 0 radical (unpaired) electrons. The van der Waals surface area contributed by atoms with E-state index in [-0.39, 0.29) is 28.4 Å². The zero-order valence-corrected chi connectivity index (χ0v) is 16.5. The number of nitrogens with one attached hydrogen (secondary N) is 1. The Morgan fingerprint density at radius 2 is 1.40 bits per heavy atom. The van der Waals surface area contributed by atoms with Crippen molar-refractivity contribution in [3.8, 4) is 0 Å². The lowest BCUT2D eigenvalue weighted by Gasteiger charge is -2.23. The van der Waals surface area contributed by atoms with Crippen LogP contribution >= 0.6 is 12.0 Å². The van der Waals surface area contributed by atoms with Gasteiger partial charge >= 0.3 is 0 Å². The van der Waals surface area contributed by atoms with Crippen LogP contribution in [0, 0.1) is 0 Å². The standard InChI is InChI=1S/C24H16N2O3S/c25-22-19(30-29)12-18(26-15-10-9-13-5-1-2-6-14(13)11-15)20-21(22)24(28)17-8-4-3-7-16(17)23(20)27/h1-12,26,29H,25H2. The van der Waals surface area contributed by atoms with Crippen molar-refractivity contribution in [2.75, 3.05) is 11.1 Å². The molecule has 1 aliphatic carbocycles. The van der Waals surface area contributed by atoms with Crippen molar-refractivity contribution in [3.63, 3.8) is 0 Å². The van der Waals surface area contributed by atoms with Crippen LogP contribution in [0.25, 0.3) is 10.8 Å². The first-order valence-electron chi connectivity index (χ1n) is 9.30. The molecule has 4 aromatic carbocycles. The molecule has 0 spiro atoms. The molecule has 5 rings (SSSR count). The van der Waals surface area contributed by atoms with Crippen LogP contribution in [-0.4, -0.2) is 16.1 Å². The number of hydrogen-bond donors (Lipinski definition) is 3. The van der Waals surface area contributed by atoms with Crippen molar-refractivity contribution >= 4 is 51.4 Å². The smallest absolute Gasteiger partial charge is 0.196 e. The number of anilines is 3. The second kappa shape index (κ2) is 7.02. The van der Waals surface area contributed by atoms with Crippen LogP contribution in [0.15, 0.2) is 77.7 Å². The van der Waals surface area contributed by atoms with E-state index < -0.39 is 0 Å². The quantitative estimate of drug-likeness (QED) is 0.267. The number of rotatable bonds is 3. The third kappa shape index (κ3) is 2.77. The fourth-order valence-corrected chi connectivity index (χ4v) is 4.26. The van der Waals surface area contributed by atoms with Gasteiger partial charge in [-0.15, -0.1) is 0 Å². The van der Waals surface area contributed by atoms with Gasteiger partial charge < -0.3 is 15.6 Å². The minimum Gasteiger partial charge on any atom is -0.397 e. The zero-order chi connectivity index (χ0) is 20.8. The second-order valence-corrected chi connectivity index (χ2v) is 7.69. The normalized spacial score (nSPS) is 12.6. The molecule has 0 unspecified atom stereocenters. The van der Waals surface area contributed by atoms with Gasteiger partial charge in [0, 0.05) is 28.9 Å². The van der Waals surface area contributed by atoms with E-state index in [1.54, 1.807) is 30.3 Å². The van der Waals surface area contributed by atoms with Crippen molar-refractivity contribution < 1.29 is 14.1 Å². The van der Waals surface area contributed by atoms with E-state index >= 15 is 0 Å². The topological polar surface area (TPSA) is 92.4 Å². The first-order chi connectivity index (χ1) is 14.6. The number of carbonyl (C=O) groups is 2. The fraction of sp³-hybridized carbons (Fsp3) is 0. The van der Waals surface area contributed by atoms with Crippen molar-refractivity contribution in [3.05, 3.63) is 95.1 Å². The van der Waals surface area contributed by atoms with Crippen LogP contribution in [0.3, 0.4) is 0 Å². The van der Waals surface area contributed by atoms with E-state index in [0.717, 1.165) is 16.5 Å². The number of ketones is 2. The lowest BCUT2D eigenvalue weighted by atomic mass is 9.82. The predicted molar refractivity (Wildman–Crippen MR) is 120 cm³/mol. The van der Waals surface area contributed by atoms with Crippen molar-refractivity contribution in [1.29, 1.82) is 0 Å². The minimum absolute atomic E-state index is 0.106. The number of fused-ring (bicyclic) bond motifs is 3. The summed E-state index contributed by atoms with van der Waals surface area (Å²) in [5.41, 5.74) is 8.49. The summed E-state index contributed by atoms with van der Waals surface area (Å²) in [7, 11) is 0. The second-order valence-electron chi connectivity index (χ2n) is 7.07. The van der Waals surface area contributed by atoms with E-state index in [2.05, 4.69) is 5.32 Å². The molecule has 4 aromatic rings. The fourth-order valence-electron chi connectivity index (χ4n) is 3.89. The lowest BCUT2D eigenvalue weighted by Crippen LogP contribution is -2.24. The van der Waals surface area contributed by atoms with E-state index in [9.17, 15) is 14.1 Å². The van der Waals surface area contributed by atoms with Crippen LogP contribution in [0.5, 0.6) is 0 Å².